The Balaban J connectivity index is 1.45. The van der Waals surface area contributed by atoms with Crippen molar-refractivity contribution in [1.82, 2.24) is 0 Å². The summed E-state index contributed by atoms with van der Waals surface area (Å²) in [6.07, 6.45) is 0. The molecule has 1 amide bonds. The minimum absolute atomic E-state index is 0.0423. The first-order valence-electron chi connectivity index (χ1n) is 9.07. The number of quaternary nitrogens is 2. The van der Waals surface area contributed by atoms with Gasteiger partial charge in [-0.2, -0.15) is 0 Å². The van der Waals surface area contributed by atoms with Crippen molar-refractivity contribution in [2.45, 2.75) is 13.5 Å². The van der Waals surface area contributed by atoms with E-state index >= 15 is 0 Å². The number of rotatable bonds is 7. The number of carbonyl (C=O) groups is 1. The van der Waals surface area contributed by atoms with E-state index in [1.54, 1.807) is 16.2 Å². The molecule has 26 heavy (non-hydrogen) atoms. The molecule has 1 aromatic carbocycles. The second-order valence-corrected chi connectivity index (χ2v) is 8.34. The van der Waals surface area contributed by atoms with Gasteiger partial charge in [0.05, 0.1) is 21.5 Å². The number of hydrogen-bond donors (Lipinski definition) is 3. The third-order valence-corrected chi connectivity index (χ3v) is 5.82. The number of amides is 1. The summed E-state index contributed by atoms with van der Waals surface area (Å²) in [6, 6.07) is 11.7. The zero-order valence-electron chi connectivity index (χ0n) is 15.0. The minimum Gasteiger partial charge on any atom is -0.492 e. The Morgan fingerprint density at radius 2 is 1.88 bits per heavy atom. The molecular formula is C19H26ClN3O2S+2. The van der Waals surface area contributed by atoms with E-state index in [1.165, 1.54) is 9.78 Å². The monoisotopic (exact) mass is 395 g/mol. The lowest BCUT2D eigenvalue weighted by Crippen LogP contribution is -3.28. The van der Waals surface area contributed by atoms with Gasteiger partial charge in [0.15, 0.2) is 6.54 Å². The molecule has 0 saturated carbocycles. The number of thiophene rings is 1. The lowest BCUT2D eigenvalue weighted by Gasteiger charge is -2.29. The molecular weight excluding hydrogens is 370 g/mol. The number of carbonyl (C=O) groups excluding carboxylic acids is 1. The summed E-state index contributed by atoms with van der Waals surface area (Å²) in [5.74, 6) is 0.767. The molecule has 0 atom stereocenters. The smallest absolute Gasteiger partial charge is 0.279 e. The fourth-order valence-electron chi connectivity index (χ4n) is 3.28. The van der Waals surface area contributed by atoms with E-state index < -0.39 is 0 Å². The third-order valence-electron chi connectivity index (χ3n) is 4.59. The molecule has 1 aromatic heterocycles. The summed E-state index contributed by atoms with van der Waals surface area (Å²) in [5.41, 5.74) is 0.748. The number of anilines is 1. The van der Waals surface area contributed by atoms with E-state index in [2.05, 4.69) is 11.4 Å². The van der Waals surface area contributed by atoms with Crippen LogP contribution in [0.3, 0.4) is 0 Å². The van der Waals surface area contributed by atoms with E-state index in [1.807, 2.05) is 37.3 Å². The highest BCUT2D eigenvalue weighted by Gasteiger charge is 2.25. The molecule has 3 N–H and O–H groups in total. The summed E-state index contributed by atoms with van der Waals surface area (Å²) >= 11 is 7.67. The van der Waals surface area contributed by atoms with Crippen molar-refractivity contribution in [2.24, 2.45) is 0 Å². The van der Waals surface area contributed by atoms with E-state index in [9.17, 15) is 4.79 Å². The Morgan fingerprint density at radius 1 is 1.15 bits per heavy atom. The minimum atomic E-state index is 0.0423. The molecule has 1 fully saturated rings. The molecule has 0 unspecified atom stereocenters. The largest absolute Gasteiger partial charge is 0.492 e. The third kappa shape index (κ3) is 5.45. The highest BCUT2D eigenvalue weighted by molar-refractivity contribution is 7.16. The Bertz CT molecular complexity index is 729. The van der Waals surface area contributed by atoms with E-state index in [0.717, 1.165) is 48.5 Å². The molecule has 1 aliphatic rings. The van der Waals surface area contributed by atoms with Gasteiger partial charge in [-0.3, -0.25) is 4.79 Å². The van der Waals surface area contributed by atoms with Crippen molar-refractivity contribution in [3.05, 3.63) is 45.6 Å². The molecule has 1 saturated heterocycles. The molecule has 2 aromatic rings. The normalized spacial score (nSPS) is 19.9. The maximum atomic E-state index is 12.4. The molecule has 3 rings (SSSR count). The van der Waals surface area contributed by atoms with Crippen molar-refractivity contribution in [3.63, 3.8) is 0 Å². The van der Waals surface area contributed by atoms with Crippen LogP contribution < -0.4 is 19.9 Å². The predicted octanol–water partition coefficient (Wildman–Crippen LogP) is 0.722. The number of piperazine rings is 1. The molecule has 0 aliphatic carbocycles. The highest BCUT2D eigenvalue weighted by atomic mass is 35.5. The number of nitrogens with one attached hydrogen (secondary N) is 3. The summed E-state index contributed by atoms with van der Waals surface area (Å²) in [4.78, 5) is 16.6. The molecule has 140 valence electrons. The molecule has 7 heteroatoms. The van der Waals surface area contributed by atoms with Crippen LogP contribution in [0, 0.1) is 0 Å². The van der Waals surface area contributed by atoms with Crippen molar-refractivity contribution in [3.8, 4) is 5.75 Å². The molecule has 2 heterocycles. The maximum absolute atomic E-state index is 12.4. The summed E-state index contributed by atoms with van der Waals surface area (Å²) in [6.45, 7) is 8.22. The molecule has 0 spiro atoms. The maximum Gasteiger partial charge on any atom is 0.279 e. The average molecular weight is 396 g/mol. The van der Waals surface area contributed by atoms with Gasteiger partial charge in [-0.25, -0.2) is 0 Å². The first-order valence-corrected chi connectivity index (χ1v) is 10.3. The number of ether oxygens (including phenoxy) is 1. The fraction of sp³-hybridized carbons (Fsp3) is 0.421. The molecule has 1 aliphatic heterocycles. The second-order valence-electron chi connectivity index (χ2n) is 6.54. The Kier molecular flexibility index (Phi) is 6.91. The van der Waals surface area contributed by atoms with Gasteiger partial charge in [-0.15, -0.1) is 11.3 Å². The van der Waals surface area contributed by atoms with Crippen LogP contribution in [0.4, 0.5) is 5.69 Å². The van der Waals surface area contributed by atoms with Crippen molar-refractivity contribution in [2.75, 3.05) is 44.6 Å². The molecule has 0 radical (unpaired) electrons. The van der Waals surface area contributed by atoms with Crippen LogP contribution in [0.1, 0.15) is 11.8 Å². The summed E-state index contributed by atoms with van der Waals surface area (Å²) < 4.78 is 6.42. The van der Waals surface area contributed by atoms with E-state index in [0.29, 0.717) is 13.2 Å². The van der Waals surface area contributed by atoms with Gasteiger partial charge in [0.2, 0.25) is 0 Å². The number of para-hydroxylation sites is 2. The fourth-order valence-corrected chi connectivity index (χ4v) is 4.44. The standard InChI is InChI=1S/C19H24ClN3O2S/c1-2-25-17-6-4-3-5-16(17)21-19(24)14-23-11-9-22(10-12-23)13-15-7-8-18(20)26-15/h3-8H,2,9-14H2,1H3,(H,21,24)/p+2. The van der Waals surface area contributed by atoms with Gasteiger partial charge in [0.25, 0.3) is 5.91 Å². The Morgan fingerprint density at radius 3 is 2.58 bits per heavy atom. The zero-order valence-corrected chi connectivity index (χ0v) is 16.6. The average Bonchev–Trinajstić information content (AvgIpc) is 3.03. The quantitative estimate of drug-likeness (QED) is 0.647. The van der Waals surface area contributed by atoms with Crippen LogP contribution in [0.2, 0.25) is 4.34 Å². The predicted molar refractivity (Wildman–Crippen MR) is 106 cm³/mol. The van der Waals surface area contributed by atoms with Crippen molar-refractivity contribution in [1.29, 1.82) is 0 Å². The van der Waals surface area contributed by atoms with Gasteiger partial charge in [-0.1, -0.05) is 23.7 Å². The van der Waals surface area contributed by atoms with Crippen LogP contribution >= 0.6 is 22.9 Å². The SMILES string of the molecule is CCOc1ccccc1NC(=O)C[NH+]1CC[NH+](Cc2ccc(Cl)s2)CC1. The summed E-state index contributed by atoms with van der Waals surface area (Å²) in [7, 11) is 0. The lowest BCUT2D eigenvalue weighted by molar-refractivity contribution is -1.01. The first kappa shape index (κ1) is 19.2. The van der Waals surface area contributed by atoms with Crippen LogP contribution in [0.15, 0.2) is 36.4 Å². The number of halogens is 1. The van der Waals surface area contributed by atoms with Gasteiger partial charge in [0.1, 0.15) is 38.5 Å². The topological polar surface area (TPSA) is 47.2 Å². The van der Waals surface area contributed by atoms with Crippen LogP contribution in [-0.2, 0) is 11.3 Å². The summed E-state index contributed by atoms with van der Waals surface area (Å²) in [5, 5.41) is 2.99. The van der Waals surface area contributed by atoms with Crippen LogP contribution in [0.25, 0.3) is 0 Å². The van der Waals surface area contributed by atoms with Gasteiger partial charge < -0.3 is 19.9 Å². The molecule has 5 nitrogen and oxygen atoms in total. The second kappa shape index (κ2) is 9.37. The Labute approximate surface area is 163 Å². The lowest BCUT2D eigenvalue weighted by atomic mass is 10.2. The van der Waals surface area contributed by atoms with E-state index in [4.69, 9.17) is 16.3 Å². The molecule has 0 bridgehead atoms. The number of hydrogen-bond acceptors (Lipinski definition) is 3. The van der Waals surface area contributed by atoms with Crippen molar-refractivity contribution < 1.29 is 19.3 Å². The van der Waals surface area contributed by atoms with Crippen LogP contribution in [0.5, 0.6) is 5.75 Å². The van der Waals surface area contributed by atoms with Crippen LogP contribution in [-0.4, -0.2) is 45.2 Å². The van der Waals surface area contributed by atoms with Crippen molar-refractivity contribution >= 4 is 34.5 Å². The van der Waals surface area contributed by atoms with Gasteiger partial charge >= 0.3 is 0 Å². The zero-order chi connectivity index (χ0) is 18.4. The highest BCUT2D eigenvalue weighted by Crippen LogP contribution is 2.23. The van der Waals surface area contributed by atoms with Gasteiger partial charge in [0, 0.05) is 0 Å². The Hall–Kier alpha value is -1.60. The van der Waals surface area contributed by atoms with E-state index in [-0.39, 0.29) is 5.91 Å². The first-order chi connectivity index (χ1) is 12.6. The van der Waals surface area contributed by atoms with Gasteiger partial charge in [-0.05, 0) is 31.2 Å². The number of benzene rings is 1.